The van der Waals surface area contributed by atoms with Gasteiger partial charge in [0.1, 0.15) is 0 Å². The Morgan fingerprint density at radius 1 is 0.900 bits per heavy atom. The number of nitrogens with zero attached hydrogens (tertiary/aromatic N) is 1. The maximum Gasteiger partial charge on any atom is 0.364 e. The Labute approximate surface area is 170 Å². The Bertz CT molecular complexity index is 1780. The largest absolute Gasteiger partial charge is 0.364 e. The summed E-state index contributed by atoms with van der Waals surface area (Å²) in [6.07, 6.45) is 0. The zero-order valence-electron chi connectivity index (χ0n) is 16.1. The van der Waals surface area contributed by atoms with Crippen LogP contribution in [-0.2, 0) is 10.3 Å². The molecule has 0 amide bonds. The lowest BCUT2D eigenvalue weighted by Crippen LogP contribution is -2.20. The van der Waals surface area contributed by atoms with Gasteiger partial charge in [0.25, 0.3) is 0 Å². The number of aromatic nitrogens is 2. The van der Waals surface area contributed by atoms with Gasteiger partial charge in [0.2, 0.25) is 0 Å². The maximum atomic E-state index is 13.3. The average Bonchev–Trinajstić information content (AvgIpc) is 2.69. The molecule has 0 atom stereocenters. The van der Waals surface area contributed by atoms with E-state index >= 15 is 0 Å². The summed E-state index contributed by atoms with van der Waals surface area (Å²) in [5.41, 5.74) is 1.65. The normalized spacial score (nSPS) is 12.4. The van der Waals surface area contributed by atoms with Crippen molar-refractivity contribution in [2.45, 2.75) is 13.8 Å². The summed E-state index contributed by atoms with van der Waals surface area (Å²) in [6, 6.07) is 13.0. The standard InChI is InChI=1S/C22H16N2O5S/c1-11-6-5-8-14-19(11)23-16-10-15-20(12(2)18(16)22(14)26)24(30(27,28)29)17-9-4-3-7-13(17)21(15)25/h3-10H,1-2H3,(H,23,26)(H,27,28,29). The van der Waals surface area contributed by atoms with E-state index in [2.05, 4.69) is 4.98 Å². The van der Waals surface area contributed by atoms with E-state index in [9.17, 15) is 22.6 Å². The maximum absolute atomic E-state index is 13.3. The van der Waals surface area contributed by atoms with E-state index < -0.39 is 10.3 Å². The minimum absolute atomic E-state index is 0.00815. The van der Waals surface area contributed by atoms with Crippen LogP contribution >= 0.6 is 0 Å². The zero-order valence-corrected chi connectivity index (χ0v) is 16.9. The molecule has 5 aromatic rings. The van der Waals surface area contributed by atoms with Crippen LogP contribution in [-0.4, -0.2) is 21.9 Å². The topological polar surface area (TPSA) is 109 Å². The molecule has 8 heteroatoms. The lowest BCUT2D eigenvalue weighted by Gasteiger charge is -2.16. The molecule has 0 unspecified atom stereocenters. The van der Waals surface area contributed by atoms with E-state index in [0.717, 1.165) is 9.54 Å². The highest BCUT2D eigenvalue weighted by Crippen LogP contribution is 2.29. The second kappa shape index (κ2) is 6.01. The van der Waals surface area contributed by atoms with Crippen LogP contribution in [0.1, 0.15) is 11.1 Å². The molecule has 2 N–H and O–H groups in total. The number of hydrogen-bond donors (Lipinski definition) is 2. The first kappa shape index (κ1) is 18.5. The fourth-order valence-corrected chi connectivity index (χ4v) is 5.15. The van der Waals surface area contributed by atoms with Crippen LogP contribution in [0.4, 0.5) is 0 Å². The first-order valence-corrected chi connectivity index (χ1v) is 10.6. The van der Waals surface area contributed by atoms with Gasteiger partial charge in [0.05, 0.1) is 27.5 Å². The molecule has 3 aromatic carbocycles. The molecule has 0 aliphatic carbocycles. The third kappa shape index (κ3) is 2.38. The number of nitrogens with one attached hydrogen (secondary N) is 1. The van der Waals surface area contributed by atoms with E-state index in [4.69, 9.17) is 0 Å². The molecule has 2 heterocycles. The van der Waals surface area contributed by atoms with Crippen LogP contribution in [0.15, 0.2) is 58.1 Å². The monoisotopic (exact) mass is 420 g/mol. The summed E-state index contributed by atoms with van der Waals surface area (Å²) in [5, 5.41) is 0.986. The van der Waals surface area contributed by atoms with E-state index in [1.54, 1.807) is 31.2 Å². The van der Waals surface area contributed by atoms with Gasteiger partial charge >= 0.3 is 10.3 Å². The van der Waals surface area contributed by atoms with Gasteiger partial charge in [0, 0.05) is 16.2 Å². The minimum Gasteiger partial charge on any atom is -0.354 e. The highest BCUT2D eigenvalue weighted by Gasteiger charge is 2.22. The summed E-state index contributed by atoms with van der Waals surface area (Å²) in [4.78, 5) is 29.7. The van der Waals surface area contributed by atoms with Crippen LogP contribution in [0.3, 0.4) is 0 Å². The van der Waals surface area contributed by atoms with Gasteiger partial charge in [-0.05, 0) is 49.2 Å². The highest BCUT2D eigenvalue weighted by atomic mass is 32.2. The molecule has 0 saturated heterocycles. The number of aromatic amines is 1. The summed E-state index contributed by atoms with van der Waals surface area (Å²) in [5.74, 6) is 0. The molecule has 0 saturated carbocycles. The summed E-state index contributed by atoms with van der Waals surface area (Å²) in [6.45, 7) is 3.45. The van der Waals surface area contributed by atoms with Gasteiger partial charge in [-0.2, -0.15) is 8.42 Å². The number of benzene rings is 3. The Morgan fingerprint density at radius 2 is 1.60 bits per heavy atom. The minimum atomic E-state index is -4.76. The third-order valence-electron chi connectivity index (χ3n) is 5.59. The molecule has 0 radical (unpaired) electrons. The second-order valence-corrected chi connectivity index (χ2v) is 8.62. The van der Waals surface area contributed by atoms with Crippen molar-refractivity contribution in [2.24, 2.45) is 0 Å². The number of aryl methyl sites for hydroxylation is 2. The van der Waals surface area contributed by atoms with Crippen LogP contribution in [0.5, 0.6) is 0 Å². The molecule has 2 aromatic heterocycles. The first-order valence-electron chi connectivity index (χ1n) is 9.20. The van der Waals surface area contributed by atoms with Gasteiger partial charge in [-0.1, -0.05) is 24.3 Å². The van der Waals surface area contributed by atoms with E-state index in [0.29, 0.717) is 22.0 Å². The molecule has 0 spiro atoms. The molecule has 0 aliphatic rings. The lowest BCUT2D eigenvalue weighted by molar-refractivity contribution is 0.476. The Kier molecular flexibility index (Phi) is 3.71. The molecular weight excluding hydrogens is 404 g/mol. The van der Waals surface area contributed by atoms with Crippen LogP contribution < -0.4 is 10.9 Å². The van der Waals surface area contributed by atoms with Gasteiger partial charge in [-0.15, -0.1) is 0 Å². The van der Waals surface area contributed by atoms with Crippen molar-refractivity contribution in [3.8, 4) is 0 Å². The van der Waals surface area contributed by atoms with Gasteiger partial charge < -0.3 is 4.98 Å². The molecule has 0 aliphatic heterocycles. The Hall–Kier alpha value is -3.49. The van der Waals surface area contributed by atoms with E-state index in [-0.39, 0.29) is 38.0 Å². The highest BCUT2D eigenvalue weighted by molar-refractivity contribution is 7.84. The first-order chi connectivity index (χ1) is 14.2. The number of fused-ring (bicyclic) bond motifs is 4. The van der Waals surface area contributed by atoms with Crippen molar-refractivity contribution in [3.63, 3.8) is 0 Å². The van der Waals surface area contributed by atoms with Gasteiger partial charge in [-0.3, -0.25) is 14.1 Å². The summed E-state index contributed by atoms with van der Waals surface area (Å²) >= 11 is 0. The SMILES string of the molecule is Cc1cccc2c(=O)c3c(C)c4c(cc3[nH]c12)c(=O)c1ccccc1n4S(=O)(=O)O. The number of hydrogen-bond acceptors (Lipinski definition) is 4. The molecule has 7 nitrogen and oxygen atoms in total. The molecule has 0 bridgehead atoms. The van der Waals surface area contributed by atoms with Crippen molar-refractivity contribution < 1.29 is 13.0 Å². The van der Waals surface area contributed by atoms with Gasteiger partial charge in [0.15, 0.2) is 10.9 Å². The molecule has 150 valence electrons. The molecule has 30 heavy (non-hydrogen) atoms. The Morgan fingerprint density at radius 3 is 2.33 bits per heavy atom. The van der Waals surface area contributed by atoms with Crippen LogP contribution in [0.2, 0.25) is 0 Å². The van der Waals surface area contributed by atoms with Gasteiger partial charge in [-0.25, -0.2) is 3.97 Å². The summed E-state index contributed by atoms with van der Waals surface area (Å²) < 4.78 is 35.4. The fraction of sp³-hybridized carbons (Fsp3) is 0.0909. The number of H-pyrrole nitrogens is 1. The molecular formula is C22H16N2O5S. The lowest BCUT2D eigenvalue weighted by atomic mass is 9.99. The quantitative estimate of drug-likeness (QED) is 0.319. The number of rotatable bonds is 1. The van der Waals surface area contributed by atoms with Crippen molar-refractivity contribution in [1.29, 1.82) is 0 Å². The van der Waals surface area contributed by atoms with Crippen molar-refractivity contribution in [2.75, 3.05) is 0 Å². The predicted molar refractivity (Wildman–Crippen MR) is 118 cm³/mol. The van der Waals surface area contributed by atoms with Crippen molar-refractivity contribution in [1.82, 2.24) is 8.96 Å². The second-order valence-electron chi connectivity index (χ2n) is 7.36. The zero-order chi connectivity index (χ0) is 21.4. The van der Waals surface area contributed by atoms with Crippen molar-refractivity contribution in [3.05, 3.63) is 80.1 Å². The number of pyridine rings is 2. The predicted octanol–water partition coefficient (Wildman–Crippen LogP) is 3.42. The van der Waals surface area contributed by atoms with Crippen LogP contribution in [0.25, 0.3) is 43.6 Å². The fourth-order valence-electron chi connectivity index (χ4n) is 4.27. The summed E-state index contributed by atoms with van der Waals surface area (Å²) in [7, 11) is -4.76. The van der Waals surface area contributed by atoms with E-state index in [1.165, 1.54) is 18.2 Å². The Balaban J connectivity index is 2.19. The van der Waals surface area contributed by atoms with Crippen LogP contribution in [0, 0.1) is 13.8 Å². The number of para-hydroxylation sites is 2. The third-order valence-corrected chi connectivity index (χ3v) is 6.43. The van der Waals surface area contributed by atoms with Crippen molar-refractivity contribution >= 4 is 53.9 Å². The average molecular weight is 420 g/mol. The molecule has 5 rings (SSSR count). The smallest absolute Gasteiger partial charge is 0.354 e. The van der Waals surface area contributed by atoms with E-state index in [1.807, 2.05) is 13.0 Å². The molecule has 0 fully saturated rings.